The zero-order valence-corrected chi connectivity index (χ0v) is 19.5. The minimum atomic E-state index is -4.14. The van der Waals surface area contributed by atoms with Gasteiger partial charge in [0.15, 0.2) is 11.5 Å². The van der Waals surface area contributed by atoms with Crippen LogP contribution in [0, 0.1) is 0 Å². The molecule has 10 heteroatoms. The first-order chi connectivity index (χ1) is 16.4. The zero-order valence-electron chi connectivity index (χ0n) is 18.7. The molecule has 0 radical (unpaired) electrons. The van der Waals surface area contributed by atoms with E-state index < -0.39 is 22.5 Å². The summed E-state index contributed by atoms with van der Waals surface area (Å²) in [6, 6.07) is 17.6. The number of carbonyl (C=O) groups excluding carboxylic acids is 1. The van der Waals surface area contributed by atoms with Crippen LogP contribution in [0.3, 0.4) is 0 Å². The fourth-order valence-electron chi connectivity index (χ4n) is 3.41. The van der Waals surface area contributed by atoms with Gasteiger partial charge in [-0.25, -0.2) is 8.42 Å². The summed E-state index contributed by atoms with van der Waals surface area (Å²) in [5.74, 6) is 1.40. The van der Waals surface area contributed by atoms with Crippen LogP contribution in [-0.2, 0) is 14.8 Å². The fourth-order valence-corrected chi connectivity index (χ4v) is 4.84. The van der Waals surface area contributed by atoms with Gasteiger partial charge >= 0.3 is 0 Å². The Morgan fingerprint density at radius 1 is 0.912 bits per heavy atom. The van der Waals surface area contributed by atoms with Crippen molar-refractivity contribution >= 4 is 27.3 Å². The maximum Gasteiger partial charge on any atom is 0.264 e. The van der Waals surface area contributed by atoms with E-state index in [2.05, 4.69) is 5.32 Å². The van der Waals surface area contributed by atoms with E-state index in [9.17, 15) is 13.2 Å². The maximum atomic E-state index is 13.7. The summed E-state index contributed by atoms with van der Waals surface area (Å²) in [6.07, 6.45) is 0. The van der Waals surface area contributed by atoms with Crippen molar-refractivity contribution in [3.63, 3.8) is 0 Å². The van der Waals surface area contributed by atoms with Crippen LogP contribution in [0.25, 0.3) is 0 Å². The number of ether oxygens (including phenoxy) is 4. The topological polar surface area (TPSA) is 103 Å². The van der Waals surface area contributed by atoms with Crippen LogP contribution in [0.1, 0.15) is 0 Å². The number of hydrogen-bond donors (Lipinski definition) is 1. The maximum absolute atomic E-state index is 13.7. The number of nitrogens with zero attached hydrogens (tertiary/aromatic N) is 1. The molecule has 1 N–H and O–H groups in total. The number of fused-ring (bicyclic) bond motifs is 1. The standard InChI is InChI=1S/C24H24N2O7S/c1-30-19-8-6-18(7-9-19)26(16-24(27)25-17-4-3-5-20(14-17)31-2)34(28,29)21-10-11-22-23(15-21)33-13-12-32-22/h3-11,14-15H,12-13,16H2,1-2H3,(H,25,27). The molecule has 9 nitrogen and oxygen atoms in total. The third-order valence-corrected chi connectivity index (χ3v) is 6.87. The van der Waals surface area contributed by atoms with Crippen LogP contribution < -0.4 is 28.6 Å². The number of carbonyl (C=O) groups is 1. The molecular formula is C24H24N2O7S. The van der Waals surface area contributed by atoms with Crippen LogP contribution in [0.4, 0.5) is 11.4 Å². The molecule has 0 spiro atoms. The van der Waals surface area contributed by atoms with E-state index in [0.29, 0.717) is 47.6 Å². The molecule has 178 valence electrons. The lowest BCUT2D eigenvalue weighted by atomic mass is 10.3. The van der Waals surface area contributed by atoms with Crippen molar-refractivity contribution in [1.29, 1.82) is 0 Å². The van der Waals surface area contributed by atoms with E-state index in [1.165, 1.54) is 26.4 Å². The lowest BCUT2D eigenvalue weighted by Gasteiger charge is -2.25. The molecule has 1 heterocycles. The highest BCUT2D eigenvalue weighted by molar-refractivity contribution is 7.92. The lowest BCUT2D eigenvalue weighted by Crippen LogP contribution is -2.38. The van der Waals surface area contributed by atoms with Crippen molar-refractivity contribution in [3.8, 4) is 23.0 Å². The van der Waals surface area contributed by atoms with Gasteiger partial charge in [0.25, 0.3) is 10.0 Å². The molecule has 3 aromatic rings. The number of anilines is 2. The lowest BCUT2D eigenvalue weighted by molar-refractivity contribution is -0.114. The number of nitrogens with one attached hydrogen (secondary N) is 1. The van der Waals surface area contributed by atoms with Crippen LogP contribution in [0.5, 0.6) is 23.0 Å². The van der Waals surface area contributed by atoms with E-state index in [4.69, 9.17) is 18.9 Å². The highest BCUT2D eigenvalue weighted by Crippen LogP contribution is 2.34. The highest BCUT2D eigenvalue weighted by atomic mass is 32.2. The van der Waals surface area contributed by atoms with Gasteiger partial charge in [0.2, 0.25) is 5.91 Å². The van der Waals surface area contributed by atoms with Gasteiger partial charge in [0.1, 0.15) is 31.3 Å². The van der Waals surface area contributed by atoms with Gasteiger partial charge in [-0.1, -0.05) is 6.07 Å². The molecule has 1 aliphatic rings. The Kier molecular flexibility index (Phi) is 6.78. The van der Waals surface area contributed by atoms with Crippen molar-refractivity contribution in [1.82, 2.24) is 0 Å². The summed E-state index contributed by atoms with van der Waals surface area (Å²) >= 11 is 0. The molecule has 1 aliphatic heterocycles. The van der Waals surface area contributed by atoms with E-state index in [1.807, 2.05) is 0 Å². The number of methoxy groups -OCH3 is 2. The molecule has 4 rings (SSSR count). The second kappa shape index (κ2) is 9.92. The second-order valence-corrected chi connectivity index (χ2v) is 9.16. The molecule has 0 aromatic heterocycles. The van der Waals surface area contributed by atoms with Crippen LogP contribution in [-0.4, -0.2) is 48.3 Å². The fraction of sp³-hybridized carbons (Fsp3) is 0.208. The Morgan fingerprint density at radius 3 is 2.32 bits per heavy atom. The van der Waals surface area contributed by atoms with Gasteiger partial charge in [-0.05, 0) is 48.5 Å². The molecule has 0 aliphatic carbocycles. The molecule has 3 aromatic carbocycles. The number of hydrogen-bond acceptors (Lipinski definition) is 7. The van der Waals surface area contributed by atoms with Gasteiger partial charge in [0, 0.05) is 17.8 Å². The van der Waals surface area contributed by atoms with E-state index in [-0.39, 0.29) is 4.90 Å². The average molecular weight is 485 g/mol. The first-order valence-electron chi connectivity index (χ1n) is 10.4. The Labute approximate surface area is 197 Å². The Bertz CT molecular complexity index is 1280. The number of amides is 1. The van der Waals surface area contributed by atoms with Crippen molar-refractivity contribution in [2.24, 2.45) is 0 Å². The van der Waals surface area contributed by atoms with Crippen molar-refractivity contribution < 1.29 is 32.2 Å². The summed E-state index contributed by atoms with van der Waals surface area (Å²) in [5.41, 5.74) is 0.784. The molecular weight excluding hydrogens is 460 g/mol. The van der Waals surface area contributed by atoms with Crippen LogP contribution in [0.15, 0.2) is 71.6 Å². The minimum absolute atomic E-state index is 0.0262. The summed E-state index contributed by atoms with van der Waals surface area (Å²) in [5, 5.41) is 2.72. The SMILES string of the molecule is COc1ccc(N(CC(=O)Nc2cccc(OC)c2)S(=O)(=O)c2ccc3c(c2)OCCO3)cc1. The smallest absolute Gasteiger partial charge is 0.264 e. The van der Waals surface area contributed by atoms with Crippen LogP contribution >= 0.6 is 0 Å². The molecule has 0 fully saturated rings. The second-order valence-electron chi connectivity index (χ2n) is 7.30. The molecule has 0 saturated heterocycles. The molecule has 34 heavy (non-hydrogen) atoms. The van der Waals surface area contributed by atoms with Gasteiger partial charge in [0.05, 0.1) is 24.8 Å². The Morgan fingerprint density at radius 2 is 1.62 bits per heavy atom. The Balaban J connectivity index is 1.66. The number of rotatable bonds is 8. The predicted octanol–water partition coefficient (Wildman–Crippen LogP) is 3.31. The normalized spacial score (nSPS) is 12.5. The summed E-state index contributed by atoms with van der Waals surface area (Å²) < 4.78 is 49.7. The molecule has 0 atom stereocenters. The van der Waals surface area contributed by atoms with Gasteiger partial charge < -0.3 is 24.3 Å². The number of benzene rings is 3. The quantitative estimate of drug-likeness (QED) is 0.523. The molecule has 0 saturated carbocycles. The van der Waals surface area contributed by atoms with Gasteiger partial charge in [-0.3, -0.25) is 9.10 Å². The Hall–Kier alpha value is -3.92. The monoisotopic (exact) mass is 484 g/mol. The van der Waals surface area contributed by atoms with Gasteiger partial charge in [-0.2, -0.15) is 0 Å². The van der Waals surface area contributed by atoms with Gasteiger partial charge in [-0.15, -0.1) is 0 Å². The van der Waals surface area contributed by atoms with Crippen molar-refractivity contribution in [2.45, 2.75) is 4.90 Å². The van der Waals surface area contributed by atoms with Crippen molar-refractivity contribution in [3.05, 3.63) is 66.7 Å². The highest BCUT2D eigenvalue weighted by Gasteiger charge is 2.29. The van der Waals surface area contributed by atoms with Crippen LogP contribution in [0.2, 0.25) is 0 Å². The summed E-state index contributed by atoms with van der Waals surface area (Å²) in [7, 11) is -1.10. The van der Waals surface area contributed by atoms with Crippen molar-refractivity contribution in [2.75, 3.05) is 43.6 Å². The molecule has 0 unspecified atom stereocenters. The first-order valence-corrected chi connectivity index (χ1v) is 11.8. The van der Waals surface area contributed by atoms with E-state index >= 15 is 0 Å². The third-order valence-electron chi connectivity index (χ3n) is 5.10. The average Bonchev–Trinajstić information content (AvgIpc) is 2.87. The summed E-state index contributed by atoms with van der Waals surface area (Å²) in [6.45, 7) is 0.253. The predicted molar refractivity (Wildman–Crippen MR) is 127 cm³/mol. The van der Waals surface area contributed by atoms with E-state index in [1.54, 1.807) is 54.6 Å². The zero-order chi connectivity index (χ0) is 24.1. The molecule has 1 amide bonds. The third kappa shape index (κ3) is 5.01. The first kappa shape index (κ1) is 23.2. The number of sulfonamides is 1. The summed E-state index contributed by atoms with van der Waals surface area (Å²) in [4.78, 5) is 12.9. The van der Waals surface area contributed by atoms with E-state index in [0.717, 1.165) is 4.31 Å². The minimum Gasteiger partial charge on any atom is -0.497 e. The molecule has 0 bridgehead atoms. The largest absolute Gasteiger partial charge is 0.497 e.